The van der Waals surface area contributed by atoms with Crippen LogP contribution in [0.1, 0.15) is 18.4 Å². The minimum atomic E-state index is 1.20. The van der Waals surface area contributed by atoms with Gasteiger partial charge in [0.1, 0.15) is 7.05 Å². The molecule has 0 spiro atoms. The van der Waals surface area contributed by atoms with E-state index in [2.05, 4.69) is 66.3 Å². The van der Waals surface area contributed by atoms with E-state index in [1.807, 2.05) is 11.8 Å². The van der Waals surface area contributed by atoms with Gasteiger partial charge in [0, 0.05) is 17.9 Å². The van der Waals surface area contributed by atoms with Crippen molar-refractivity contribution in [2.45, 2.75) is 24.3 Å². The average molecular weight is 258 g/mol. The summed E-state index contributed by atoms with van der Waals surface area (Å²) < 4.78 is 2.18. The molecule has 0 radical (unpaired) electrons. The molecule has 0 bridgehead atoms. The van der Waals surface area contributed by atoms with Gasteiger partial charge >= 0.3 is 0 Å². The Morgan fingerprint density at radius 1 is 0.944 bits per heavy atom. The van der Waals surface area contributed by atoms with Crippen molar-refractivity contribution in [3.63, 3.8) is 0 Å². The van der Waals surface area contributed by atoms with E-state index in [0.717, 1.165) is 0 Å². The zero-order valence-electron chi connectivity index (χ0n) is 10.9. The Morgan fingerprint density at radius 3 is 2.50 bits per heavy atom. The maximum atomic E-state index is 2.21. The van der Waals surface area contributed by atoms with Crippen LogP contribution in [0.15, 0.2) is 59.8 Å². The number of thioether (sulfide) groups is 1. The number of pyridine rings is 1. The van der Waals surface area contributed by atoms with Gasteiger partial charge in [-0.15, -0.1) is 0 Å². The van der Waals surface area contributed by atoms with E-state index in [-0.39, 0.29) is 0 Å². The Morgan fingerprint density at radius 2 is 1.72 bits per heavy atom. The number of aryl methyl sites for hydroxylation is 2. The van der Waals surface area contributed by atoms with Gasteiger partial charge in [-0.3, -0.25) is 0 Å². The van der Waals surface area contributed by atoms with Crippen molar-refractivity contribution in [2.24, 2.45) is 7.05 Å². The summed E-state index contributed by atoms with van der Waals surface area (Å²) in [5.74, 6) is 1.20. The third-order valence-corrected chi connectivity index (χ3v) is 4.17. The first kappa shape index (κ1) is 13.2. The average Bonchev–Trinajstić information content (AvgIpc) is 2.42. The van der Waals surface area contributed by atoms with Gasteiger partial charge in [-0.1, -0.05) is 42.1 Å². The van der Waals surface area contributed by atoms with E-state index in [0.29, 0.717) is 0 Å². The van der Waals surface area contributed by atoms with Crippen LogP contribution in [-0.4, -0.2) is 5.75 Å². The molecule has 1 heterocycles. The number of benzene rings is 1. The molecular formula is C16H20NS+. The minimum absolute atomic E-state index is 1.20. The maximum absolute atomic E-state index is 2.21. The molecule has 0 aliphatic heterocycles. The van der Waals surface area contributed by atoms with Crippen molar-refractivity contribution in [1.82, 2.24) is 0 Å². The molecule has 1 nitrogen and oxygen atoms in total. The topological polar surface area (TPSA) is 3.88 Å². The molecule has 0 saturated heterocycles. The Balaban J connectivity index is 1.66. The van der Waals surface area contributed by atoms with Crippen LogP contribution < -0.4 is 4.57 Å². The lowest BCUT2D eigenvalue weighted by atomic mass is 10.1. The van der Waals surface area contributed by atoms with Gasteiger partial charge in [-0.05, 0) is 30.9 Å². The standard InChI is InChI=1S/C16H20NS/c1-17-13-7-5-12-16(17)18-14-8-6-11-15-9-3-2-4-10-15/h2-5,7,9-10,12-13H,6,8,11,14H2,1H3/q+1. The molecule has 18 heavy (non-hydrogen) atoms. The van der Waals surface area contributed by atoms with Crippen LogP contribution >= 0.6 is 11.8 Å². The molecular weight excluding hydrogens is 238 g/mol. The lowest BCUT2D eigenvalue weighted by Crippen LogP contribution is -2.29. The summed E-state index contributed by atoms with van der Waals surface area (Å²) in [5.41, 5.74) is 1.45. The SMILES string of the molecule is C[n+]1ccccc1SCCCCc1ccccc1. The Labute approximate surface area is 114 Å². The highest BCUT2D eigenvalue weighted by Gasteiger charge is 2.04. The highest BCUT2D eigenvalue weighted by molar-refractivity contribution is 7.99. The lowest BCUT2D eigenvalue weighted by molar-refractivity contribution is -0.708. The molecule has 2 aromatic rings. The zero-order chi connectivity index (χ0) is 12.6. The molecule has 0 aliphatic rings. The molecule has 0 aliphatic carbocycles. The summed E-state index contributed by atoms with van der Waals surface area (Å²) in [6.07, 6.45) is 5.84. The predicted octanol–water partition coefficient (Wildman–Crippen LogP) is 3.63. The molecule has 1 aromatic carbocycles. The van der Waals surface area contributed by atoms with Gasteiger partial charge in [0.2, 0.25) is 5.03 Å². The molecule has 1 aromatic heterocycles. The van der Waals surface area contributed by atoms with E-state index in [1.165, 1.54) is 35.6 Å². The number of hydrogen-bond acceptors (Lipinski definition) is 1. The first-order valence-electron chi connectivity index (χ1n) is 6.47. The Kier molecular flexibility index (Phi) is 5.28. The van der Waals surface area contributed by atoms with Gasteiger partial charge in [-0.25, -0.2) is 0 Å². The minimum Gasteiger partial charge on any atom is -0.196 e. The first-order valence-corrected chi connectivity index (χ1v) is 7.46. The molecule has 2 heteroatoms. The van der Waals surface area contributed by atoms with E-state index in [4.69, 9.17) is 0 Å². The highest BCUT2D eigenvalue weighted by atomic mass is 32.2. The molecule has 94 valence electrons. The zero-order valence-corrected chi connectivity index (χ0v) is 11.7. The van der Waals surface area contributed by atoms with Gasteiger partial charge < -0.3 is 0 Å². The molecule has 0 unspecified atom stereocenters. The van der Waals surface area contributed by atoms with Gasteiger partial charge in [0.05, 0.1) is 0 Å². The van der Waals surface area contributed by atoms with E-state index >= 15 is 0 Å². The number of nitrogens with zero attached hydrogens (tertiary/aromatic N) is 1. The summed E-state index contributed by atoms with van der Waals surface area (Å²) in [5, 5.41) is 1.34. The van der Waals surface area contributed by atoms with Crippen molar-refractivity contribution < 1.29 is 4.57 Å². The highest BCUT2D eigenvalue weighted by Crippen LogP contribution is 2.15. The largest absolute Gasteiger partial charge is 0.239 e. The summed E-state index contributed by atoms with van der Waals surface area (Å²) >= 11 is 1.95. The van der Waals surface area contributed by atoms with Crippen molar-refractivity contribution in [1.29, 1.82) is 0 Å². The fraction of sp³-hybridized carbons (Fsp3) is 0.312. The number of rotatable bonds is 6. The lowest BCUT2D eigenvalue weighted by Gasteiger charge is -2.01. The van der Waals surface area contributed by atoms with Crippen LogP contribution in [-0.2, 0) is 13.5 Å². The second-order valence-electron chi connectivity index (χ2n) is 4.44. The number of aromatic nitrogens is 1. The second-order valence-corrected chi connectivity index (χ2v) is 5.56. The van der Waals surface area contributed by atoms with Crippen LogP contribution in [0, 0.1) is 0 Å². The quantitative estimate of drug-likeness (QED) is 0.435. The van der Waals surface area contributed by atoms with Crippen LogP contribution in [0.25, 0.3) is 0 Å². The summed E-state index contributed by atoms with van der Waals surface area (Å²) in [6, 6.07) is 17.1. The second kappa shape index (κ2) is 7.22. The smallest absolute Gasteiger partial charge is 0.196 e. The van der Waals surface area contributed by atoms with E-state index in [1.54, 1.807) is 0 Å². The summed E-state index contributed by atoms with van der Waals surface area (Å²) in [6.45, 7) is 0. The maximum Gasteiger partial charge on any atom is 0.239 e. The Bertz CT molecular complexity index is 468. The number of hydrogen-bond donors (Lipinski definition) is 0. The third-order valence-electron chi connectivity index (χ3n) is 2.96. The predicted molar refractivity (Wildman–Crippen MR) is 77.7 cm³/mol. The molecule has 0 atom stereocenters. The third kappa shape index (κ3) is 4.19. The molecule has 0 N–H and O–H groups in total. The molecule has 0 amide bonds. The summed E-state index contributed by atoms with van der Waals surface area (Å²) in [4.78, 5) is 0. The van der Waals surface area contributed by atoms with Crippen molar-refractivity contribution >= 4 is 11.8 Å². The van der Waals surface area contributed by atoms with Crippen LogP contribution in [0.3, 0.4) is 0 Å². The van der Waals surface area contributed by atoms with Crippen LogP contribution in [0.4, 0.5) is 0 Å². The van der Waals surface area contributed by atoms with E-state index < -0.39 is 0 Å². The number of unbranched alkanes of at least 4 members (excludes halogenated alkanes) is 1. The first-order chi connectivity index (χ1) is 8.86. The molecule has 2 rings (SSSR count). The van der Waals surface area contributed by atoms with Gasteiger partial charge in [0.15, 0.2) is 6.20 Å². The fourth-order valence-electron chi connectivity index (χ4n) is 1.91. The van der Waals surface area contributed by atoms with Crippen molar-refractivity contribution in [2.75, 3.05) is 5.75 Å². The normalized spacial score (nSPS) is 10.5. The van der Waals surface area contributed by atoms with E-state index in [9.17, 15) is 0 Å². The molecule has 0 saturated carbocycles. The van der Waals surface area contributed by atoms with Crippen molar-refractivity contribution in [3.05, 3.63) is 60.3 Å². The van der Waals surface area contributed by atoms with Crippen molar-refractivity contribution in [3.8, 4) is 0 Å². The van der Waals surface area contributed by atoms with Crippen LogP contribution in [0.5, 0.6) is 0 Å². The van der Waals surface area contributed by atoms with Crippen LogP contribution in [0.2, 0.25) is 0 Å². The molecule has 0 fully saturated rings. The fourth-order valence-corrected chi connectivity index (χ4v) is 2.91. The Hall–Kier alpha value is -1.28. The summed E-state index contributed by atoms with van der Waals surface area (Å²) in [7, 11) is 2.10. The van der Waals surface area contributed by atoms with Gasteiger partial charge in [-0.2, -0.15) is 4.57 Å². The monoisotopic (exact) mass is 258 g/mol. The van der Waals surface area contributed by atoms with Gasteiger partial charge in [0.25, 0.3) is 0 Å².